The van der Waals surface area contributed by atoms with Gasteiger partial charge in [0.1, 0.15) is 11.9 Å². The van der Waals surface area contributed by atoms with Gasteiger partial charge in [-0.15, -0.1) is 0 Å². The molecule has 4 rings (SSSR count). The van der Waals surface area contributed by atoms with Crippen molar-refractivity contribution in [3.8, 4) is 5.75 Å². The number of rotatable bonds is 8. The highest BCUT2D eigenvalue weighted by Gasteiger charge is 2.34. The number of fused-ring (bicyclic) bond motifs is 1. The Morgan fingerprint density at radius 1 is 1.17 bits per heavy atom. The molecule has 0 radical (unpaired) electrons. The molecule has 12 heteroatoms. The molecule has 3 atom stereocenters. The van der Waals surface area contributed by atoms with Crippen molar-refractivity contribution in [2.75, 3.05) is 31.5 Å². The van der Waals surface area contributed by atoms with Gasteiger partial charge in [0.05, 0.1) is 29.7 Å². The van der Waals surface area contributed by atoms with Crippen molar-refractivity contribution in [1.29, 1.82) is 0 Å². The first kappa shape index (κ1) is 30.9. The van der Waals surface area contributed by atoms with E-state index in [9.17, 15) is 23.1 Å². The largest absolute Gasteiger partial charge is 0.487 e. The van der Waals surface area contributed by atoms with Gasteiger partial charge in [-0.25, -0.2) is 13.2 Å². The number of hydrogen-bond donors (Lipinski definition) is 3. The number of nitrogens with zero attached hydrogens (tertiary/aromatic N) is 2. The molecular formula is C29H39ClN4O6S. The number of aliphatic hydroxyl groups is 1. The average molecular weight is 607 g/mol. The summed E-state index contributed by atoms with van der Waals surface area (Å²) in [6.07, 6.45) is 4.90. The minimum atomic E-state index is -3.95. The van der Waals surface area contributed by atoms with Crippen LogP contribution in [0.15, 0.2) is 47.4 Å². The number of amides is 3. The molecule has 0 spiro atoms. The van der Waals surface area contributed by atoms with Gasteiger partial charge in [-0.05, 0) is 62.2 Å². The monoisotopic (exact) mass is 606 g/mol. The smallest absolute Gasteiger partial charge is 0.317 e. The van der Waals surface area contributed by atoms with E-state index in [0.717, 1.165) is 25.7 Å². The van der Waals surface area contributed by atoms with Crippen molar-refractivity contribution < 1.29 is 27.9 Å². The lowest BCUT2D eigenvalue weighted by atomic mass is 9.96. The summed E-state index contributed by atoms with van der Waals surface area (Å²) in [5, 5.41) is 13.4. The molecule has 1 aliphatic heterocycles. The van der Waals surface area contributed by atoms with Gasteiger partial charge < -0.3 is 25.0 Å². The molecule has 3 amide bonds. The molecule has 10 nitrogen and oxygen atoms in total. The molecule has 0 aromatic heterocycles. The van der Waals surface area contributed by atoms with Gasteiger partial charge >= 0.3 is 6.03 Å². The lowest BCUT2D eigenvalue weighted by molar-refractivity contribution is 0.0366. The van der Waals surface area contributed by atoms with Gasteiger partial charge in [-0.1, -0.05) is 37.8 Å². The third-order valence-electron chi connectivity index (χ3n) is 7.77. The Balaban J connectivity index is 1.59. The summed E-state index contributed by atoms with van der Waals surface area (Å²) in [5.41, 5.74) is 0.342. The van der Waals surface area contributed by atoms with Crippen LogP contribution in [0, 0.1) is 5.92 Å². The zero-order valence-corrected chi connectivity index (χ0v) is 25.2. The first-order valence-electron chi connectivity index (χ1n) is 14.0. The number of urea groups is 1. The maximum absolute atomic E-state index is 13.7. The van der Waals surface area contributed by atoms with Crippen molar-refractivity contribution in [1.82, 2.24) is 15.1 Å². The summed E-state index contributed by atoms with van der Waals surface area (Å²) in [7, 11) is -2.22. The van der Waals surface area contributed by atoms with E-state index in [2.05, 4.69) is 10.0 Å². The van der Waals surface area contributed by atoms with Crippen molar-refractivity contribution in [2.24, 2.45) is 5.92 Å². The molecule has 0 bridgehead atoms. The molecule has 1 heterocycles. The number of halogens is 1. The van der Waals surface area contributed by atoms with Crippen LogP contribution in [0.5, 0.6) is 5.75 Å². The highest BCUT2D eigenvalue weighted by atomic mass is 35.5. The Hall–Kier alpha value is -3.02. The maximum Gasteiger partial charge on any atom is 0.317 e. The maximum atomic E-state index is 13.7. The van der Waals surface area contributed by atoms with Gasteiger partial charge in [0.15, 0.2) is 0 Å². The number of benzene rings is 2. The summed E-state index contributed by atoms with van der Waals surface area (Å²) in [4.78, 5) is 29.8. The van der Waals surface area contributed by atoms with Gasteiger partial charge in [-0.2, -0.15) is 0 Å². The normalized spacial score (nSPS) is 20.7. The number of hydrogen-bond acceptors (Lipinski definition) is 6. The molecule has 1 fully saturated rings. The number of anilines is 1. The van der Waals surface area contributed by atoms with E-state index in [-0.39, 0.29) is 65.5 Å². The predicted octanol–water partition coefficient (Wildman–Crippen LogP) is 4.34. The summed E-state index contributed by atoms with van der Waals surface area (Å²) < 4.78 is 34.8. The molecular weight excluding hydrogens is 568 g/mol. The summed E-state index contributed by atoms with van der Waals surface area (Å²) in [5.74, 6) is -0.283. The number of ether oxygens (including phenoxy) is 1. The summed E-state index contributed by atoms with van der Waals surface area (Å²) in [6, 6.07) is 9.79. The number of sulfonamides is 1. The minimum Gasteiger partial charge on any atom is -0.487 e. The lowest BCUT2D eigenvalue weighted by Crippen LogP contribution is -2.52. The molecule has 3 N–H and O–H groups in total. The van der Waals surface area contributed by atoms with Crippen LogP contribution in [0.3, 0.4) is 0 Å². The molecule has 0 saturated heterocycles. The predicted molar refractivity (Wildman–Crippen MR) is 158 cm³/mol. The Kier molecular flexibility index (Phi) is 10.0. The average Bonchev–Trinajstić information content (AvgIpc) is 2.95. The number of likely N-dealkylation sites (N-methyl/N-ethyl adjacent to an activating group) is 1. The first-order valence-corrected chi connectivity index (χ1v) is 15.9. The molecule has 2 aliphatic rings. The van der Waals surface area contributed by atoms with Gasteiger partial charge in [0, 0.05) is 36.3 Å². The third-order valence-corrected chi connectivity index (χ3v) is 9.42. The van der Waals surface area contributed by atoms with E-state index in [1.807, 2.05) is 6.92 Å². The molecule has 41 heavy (non-hydrogen) atoms. The number of aliphatic hydroxyl groups excluding tert-OH is 1. The van der Waals surface area contributed by atoms with Crippen molar-refractivity contribution in [3.05, 3.63) is 53.1 Å². The van der Waals surface area contributed by atoms with Crippen LogP contribution in [-0.4, -0.2) is 80.2 Å². The highest BCUT2D eigenvalue weighted by Crippen LogP contribution is 2.31. The van der Waals surface area contributed by atoms with Crippen LogP contribution in [0.4, 0.5) is 10.5 Å². The molecule has 1 aliphatic carbocycles. The quantitative estimate of drug-likeness (QED) is 0.410. The molecule has 2 aromatic carbocycles. The second-order valence-electron chi connectivity index (χ2n) is 11.1. The van der Waals surface area contributed by atoms with Crippen LogP contribution < -0.4 is 14.8 Å². The van der Waals surface area contributed by atoms with E-state index in [0.29, 0.717) is 5.02 Å². The fourth-order valence-electron chi connectivity index (χ4n) is 5.22. The fourth-order valence-corrected chi connectivity index (χ4v) is 6.39. The zero-order valence-electron chi connectivity index (χ0n) is 23.7. The van der Waals surface area contributed by atoms with Crippen LogP contribution in [0.25, 0.3) is 0 Å². The Morgan fingerprint density at radius 2 is 1.85 bits per heavy atom. The van der Waals surface area contributed by atoms with Crippen LogP contribution in [-0.2, 0) is 10.0 Å². The number of nitrogens with one attached hydrogen (secondary N) is 2. The van der Waals surface area contributed by atoms with Crippen LogP contribution in [0.1, 0.15) is 56.3 Å². The van der Waals surface area contributed by atoms with E-state index >= 15 is 0 Å². The number of carbonyl (C=O) groups is 2. The topological polar surface area (TPSA) is 128 Å². The Bertz CT molecular complexity index is 1330. The first-order chi connectivity index (χ1) is 19.5. The van der Waals surface area contributed by atoms with Crippen molar-refractivity contribution in [2.45, 2.75) is 69.0 Å². The molecule has 0 unspecified atom stereocenters. The minimum absolute atomic E-state index is 0.0233. The zero-order chi connectivity index (χ0) is 29.7. The van der Waals surface area contributed by atoms with E-state index < -0.39 is 22.2 Å². The fraction of sp³-hybridized carbons (Fsp3) is 0.517. The van der Waals surface area contributed by atoms with Crippen LogP contribution >= 0.6 is 11.6 Å². The molecule has 1 saturated carbocycles. The second kappa shape index (κ2) is 13.3. The standard InChI is InChI=1S/C29H39ClN4O6S/c1-19-16-34(20(2)18-35)28(36)25-15-23(32-41(38,39)24-12-9-21(30)10-13-24)11-14-26(25)40-27(19)17-33(3)29(37)31-22-7-5-4-6-8-22/h9-15,19-20,22,27,32,35H,4-8,16-18H2,1-3H3,(H,31,37)/t19-,20-,27-/m1/s1. The van der Waals surface area contributed by atoms with E-state index in [1.54, 1.807) is 29.8 Å². The molecule has 224 valence electrons. The number of carbonyl (C=O) groups excluding carboxylic acids is 2. The lowest BCUT2D eigenvalue weighted by Gasteiger charge is -2.38. The van der Waals surface area contributed by atoms with Gasteiger partial charge in [0.25, 0.3) is 15.9 Å². The van der Waals surface area contributed by atoms with Crippen molar-refractivity contribution in [3.63, 3.8) is 0 Å². The van der Waals surface area contributed by atoms with Gasteiger partial charge in [-0.3, -0.25) is 9.52 Å². The van der Waals surface area contributed by atoms with Gasteiger partial charge in [0.2, 0.25) is 0 Å². The van der Waals surface area contributed by atoms with E-state index in [1.165, 1.54) is 42.8 Å². The highest BCUT2D eigenvalue weighted by molar-refractivity contribution is 7.92. The van der Waals surface area contributed by atoms with Crippen LogP contribution in [0.2, 0.25) is 5.02 Å². The SMILES string of the molecule is C[C@@H]1CN([C@H](C)CO)C(=O)c2cc(NS(=O)(=O)c3ccc(Cl)cc3)ccc2O[C@@H]1CN(C)C(=O)NC1CCCCC1. The summed E-state index contributed by atoms with van der Waals surface area (Å²) in [6.45, 7) is 4.01. The Labute approximate surface area is 247 Å². The van der Waals surface area contributed by atoms with Crippen molar-refractivity contribution >= 4 is 39.2 Å². The molecule has 2 aromatic rings. The third kappa shape index (κ3) is 7.64. The second-order valence-corrected chi connectivity index (χ2v) is 13.2. The van der Waals surface area contributed by atoms with E-state index in [4.69, 9.17) is 16.3 Å². The Morgan fingerprint density at radius 3 is 2.51 bits per heavy atom. The summed E-state index contributed by atoms with van der Waals surface area (Å²) >= 11 is 5.90.